The summed E-state index contributed by atoms with van der Waals surface area (Å²) in [6, 6.07) is 6.40. The smallest absolute Gasteiger partial charge is 0.231 e. The fraction of sp³-hybridized carbons (Fsp3) is 0.632. The minimum Gasteiger partial charge on any atom is -0.454 e. The van der Waals surface area contributed by atoms with Gasteiger partial charge in [0.1, 0.15) is 0 Å². The van der Waals surface area contributed by atoms with E-state index in [1.165, 1.54) is 12.0 Å². The number of Topliss-reactive ketones (excluding diaryl/α,β-unsaturated/α-hetero) is 1. The molecule has 4 nitrogen and oxygen atoms in total. The van der Waals surface area contributed by atoms with Gasteiger partial charge in [0.25, 0.3) is 0 Å². The van der Waals surface area contributed by atoms with Gasteiger partial charge in [0.15, 0.2) is 17.3 Å². The summed E-state index contributed by atoms with van der Waals surface area (Å²) in [5.41, 5.74) is 1.68. The number of ether oxygens (including phenoxy) is 2. The van der Waals surface area contributed by atoms with Crippen LogP contribution in [0.2, 0.25) is 0 Å². The topological polar surface area (TPSA) is 38.8 Å². The Balaban J connectivity index is 1.43. The molecule has 124 valence electrons. The second-order valence-electron chi connectivity index (χ2n) is 7.85. The molecule has 2 fully saturated rings. The van der Waals surface area contributed by atoms with Crippen LogP contribution in [0.3, 0.4) is 0 Å². The normalized spacial score (nSPS) is 32.0. The largest absolute Gasteiger partial charge is 0.454 e. The third-order valence-corrected chi connectivity index (χ3v) is 5.87. The highest BCUT2D eigenvalue weighted by molar-refractivity contribution is 5.86. The first kappa shape index (κ1) is 15.0. The average Bonchev–Trinajstić information content (AvgIpc) is 2.87. The van der Waals surface area contributed by atoms with E-state index in [1.54, 1.807) is 0 Å². The molecular weight excluding hydrogens is 290 g/mol. The molecule has 23 heavy (non-hydrogen) atoms. The molecule has 4 rings (SSSR count). The first-order chi connectivity index (χ1) is 11.0. The molecule has 2 aliphatic heterocycles. The lowest BCUT2D eigenvalue weighted by Crippen LogP contribution is -2.35. The van der Waals surface area contributed by atoms with Crippen LogP contribution in [-0.2, 0) is 11.2 Å². The Hall–Kier alpha value is -1.55. The summed E-state index contributed by atoms with van der Waals surface area (Å²) in [5, 5.41) is 0. The Bertz CT molecular complexity index is 642. The standard InChI is InChI=1S/C19H25NO3/c1-12(2)18(21)15-9-19(10-20(15)3)8-14(19)6-13-4-5-16-17(7-13)23-11-22-16/h4-5,7,12,14-15H,6,8-11H2,1-3H3/t14?,15-,19?/m0/s1. The molecule has 3 aliphatic rings. The summed E-state index contributed by atoms with van der Waals surface area (Å²) in [6.07, 6.45) is 3.36. The van der Waals surface area contributed by atoms with Crippen LogP contribution in [0.1, 0.15) is 32.3 Å². The van der Waals surface area contributed by atoms with Crippen molar-refractivity contribution in [2.24, 2.45) is 17.3 Å². The van der Waals surface area contributed by atoms with E-state index >= 15 is 0 Å². The summed E-state index contributed by atoms with van der Waals surface area (Å²) >= 11 is 0. The van der Waals surface area contributed by atoms with Crippen molar-refractivity contribution in [1.29, 1.82) is 0 Å². The highest BCUT2D eigenvalue weighted by Gasteiger charge is 2.59. The highest BCUT2D eigenvalue weighted by Crippen LogP contribution is 2.61. The number of hydrogen-bond donors (Lipinski definition) is 0. The number of hydrogen-bond acceptors (Lipinski definition) is 4. The monoisotopic (exact) mass is 315 g/mol. The second-order valence-corrected chi connectivity index (χ2v) is 7.85. The molecule has 1 aromatic carbocycles. The molecular formula is C19H25NO3. The van der Waals surface area contributed by atoms with Gasteiger partial charge in [-0.1, -0.05) is 19.9 Å². The number of likely N-dealkylation sites (N-methyl/N-ethyl adjacent to an activating group) is 1. The number of benzene rings is 1. The zero-order valence-electron chi connectivity index (χ0n) is 14.2. The molecule has 0 amide bonds. The number of rotatable bonds is 4. The van der Waals surface area contributed by atoms with Gasteiger partial charge in [-0.05, 0) is 55.3 Å². The van der Waals surface area contributed by atoms with Crippen LogP contribution in [0.5, 0.6) is 11.5 Å². The number of carbonyl (C=O) groups is 1. The molecule has 1 saturated heterocycles. The van der Waals surface area contributed by atoms with Crippen LogP contribution in [0.4, 0.5) is 0 Å². The summed E-state index contributed by atoms with van der Waals surface area (Å²) < 4.78 is 10.9. The van der Waals surface area contributed by atoms with Gasteiger partial charge in [0.2, 0.25) is 6.79 Å². The molecule has 1 aromatic rings. The number of carbonyl (C=O) groups excluding carboxylic acids is 1. The van der Waals surface area contributed by atoms with E-state index < -0.39 is 0 Å². The van der Waals surface area contributed by atoms with E-state index in [2.05, 4.69) is 24.1 Å². The van der Waals surface area contributed by atoms with Gasteiger partial charge in [-0.15, -0.1) is 0 Å². The van der Waals surface area contributed by atoms with Crippen molar-refractivity contribution in [2.75, 3.05) is 20.4 Å². The number of nitrogens with zero attached hydrogens (tertiary/aromatic N) is 1. The lowest BCUT2D eigenvalue weighted by molar-refractivity contribution is -0.125. The Labute approximate surface area is 137 Å². The third kappa shape index (κ3) is 2.53. The summed E-state index contributed by atoms with van der Waals surface area (Å²) in [6.45, 7) is 5.41. The minimum absolute atomic E-state index is 0.122. The van der Waals surface area contributed by atoms with Gasteiger partial charge in [-0.3, -0.25) is 9.69 Å². The minimum atomic E-state index is 0.122. The molecule has 0 N–H and O–H groups in total. The van der Waals surface area contributed by atoms with Crippen molar-refractivity contribution in [1.82, 2.24) is 4.90 Å². The van der Waals surface area contributed by atoms with E-state index in [0.717, 1.165) is 30.9 Å². The van der Waals surface area contributed by atoms with Crippen LogP contribution in [0.15, 0.2) is 18.2 Å². The van der Waals surface area contributed by atoms with E-state index in [-0.39, 0.29) is 12.0 Å². The Morgan fingerprint density at radius 3 is 2.87 bits per heavy atom. The predicted molar refractivity (Wildman–Crippen MR) is 87.7 cm³/mol. The Morgan fingerprint density at radius 2 is 2.09 bits per heavy atom. The Kier molecular flexibility index (Phi) is 3.41. The molecule has 1 spiro atoms. The predicted octanol–water partition coefficient (Wildman–Crippen LogP) is 2.89. The van der Waals surface area contributed by atoms with Crippen LogP contribution in [-0.4, -0.2) is 37.1 Å². The number of ketones is 1. The van der Waals surface area contributed by atoms with Crippen molar-refractivity contribution < 1.29 is 14.3 Å². The second kappa shape index (κ2) is 5.23. The summed E-state index contributed by atoms with van der Waals surface area (Å²) in [4.78, 5) is 14.7. The Morgan fingerprint density at radius 1 is 1.30 bits per heavy atom. The van der Waals surface area contributed by atoms with Gasteiger partial charge in [0, 0.05) is 12.5 Å². The van der Waals surface area contributed by atoms with Crippen molar-refractivity contribution in [2.45, 2.75) is 39.2 Å². The van der Waals surface area contributed by atoms with Gasteiger partial charge in [-0.2, -0.15) is 0 Å². The van der Waals surface area contributed by atoms with Crippen molar-refractivity contribution in [3.8, 4) is 11.5 Å². The quantitative estimate of drug-likeness (QED) is 0.856. The van der Waals surface area contributed by atoms with Crippen molar-refractivity contribution >= 4 is 5.78 Å². The average molecular weight is 315 g/mol. The maximum Gasteiger partial charge on any atom is 0.231 e. The molecule has 1 saturated carbocycles. The van der Waals surface area contributed by atoms with Crippen LogP contribution in [0.25, 0.3) is 0 Å². The van der Waals surface area contributed by atoms with E-state index in [4.69, 9.17) is 9.47 Å². The van der Waals surface area contributed by atoms with Gasteiger partial charge < -0.3 is 9.47 Å². The zero-order valence-corrected chi connectivity index (χ0v) is 14.2. The number of likely N-dealkylation sites (tertiary alicyclic amines) is 1. The first-order valence-electron chi connectivity index (χ1n) is 8.61. The van der Waals surface area contributed by atoms with Crippen LogP contribution >= 0.6 is 0 Å². The molecule has 0 aromatic heterocycles. The van der Waals surface area contributed by atoms with Gasteiger partial charge in [-0.25, -0.2) is 0 Å². The van der Waals surface area contributed by atoms with Crippen molar-refractivity contribution in [3.05, 3.63) is 23.8 Å². The van der Waals surface area contributed by atoms with E-state index in [1.807, 2.05) is 19.9 Å². The van der Waals surface area contributed by atoms with Gasteiger partial charge >= 0.3 is 0 Å². The van der Waals surface area contributed by atoms with E-state index in [0.29, 0.717) is 23.9 Å². The van der Waals surface area contributed by atoms with E-state index in [9.17, 15) is 4.79 Å². The molecule has 0 bridgehead atoms. The maximum atomic E-state index is 12.4. The SMILES string of the molecule is CC(C)C(=O)[C@@H]1CC2(CC2Cc2ccc3c(c2)OCO3)CN1C. The summed E-state index contributed by atoms with van der Waals surface area (Å²) in [7, 11) is 2.11. The first-order valence-corrected chi connectivity index (χ1v) is 8.61. The molecule has 2 heterocycles. The summed E-state index contributed by atoms with van der Waals surface area (Å²) in [5.74, 6) is 2.94. The van der Waals surface area contributed by atoms with Crippen LogP contribution < -0.4 is 9.47 Å². The maximum absolute atomic E-state index is 12.4. The molecule has 1 aliphatic carbocycles. The highest BCUT2D eigenvalue weighted by atomic mass is 16.7. The molecule has 0 radical (unpaired) electrons. The fourth-order valence-electron chi connectivity index (χ4n) is 4.43. The number of fused-ring (bicyclic) bond motifs is 1. The van der Waals surface area contributed by atoms with Crippen molar-refractivity contribution in [3.63, 3.8) is 0 Å². The lowest BCUT2D eigenvalue weighted by Gasteiger charge is -2.19. The molecule has 4 heteroatoms. The lowest BCUT2D eigenvalue weighted by atomic mass is 9.92. The zero-order chi connectivity index (χ0) is 16.2. The third-order valence-electron chi connectivity index (χ3n) is 5.87. The van der Waals surface area contributed by atoms with Crippen LogP contribution in [0, 0.1) is 17.3 Å². The fourth-order valence-corrected chi connectivity index (χ4v) is 4.43. The molecule has 2 unspecified atom stereocenters. The van der Waals surface area contributed by atoms with Gasteiger partial charge in [0.05, 0.1) is 6.04 Å². The molecule has 3 atom stereocenters.